The number of pyridine rings is 1. The van der Waals surface area contributed by atoms with E-state index in [1.165, 1.54) is 12.3 Å². The van der Waals surface area contributed by atoms with E-state index in [0.717, 1.165) is 6.42 Å². The number of benzene rings is 1. The Morgan fingerprint density at radius 1 is 1.35 bits per heavy atom. The quantitative estimate of drug-likeness (QED) is 0.480. The molecule has 2 aromatic heterocycles. The molecule has 4 rings (SSSR count). The van der Waals surface area contributed by atoms with Crippen molar-refractivity contribution in [1.29, 1.82) is 0 Å². The molecule has 31 heavy (non-hydrogen) atoms. The van der Waals surface area contributed by atoms with Gasteiger partial charge >= 0.3 is 0 Å². The number of methoxy groups -OCH3 is 1. The van der Waals surface area contributed by atoms with Crippen LogP contribution < -0.4 is 10.5 Å². The summed E-state index contributed by atoms with van der Waals surface area (Å²) >= 11 is 12.6. The molecule has 1 aromatic carbocycles. The number of carbonyl (C=O) groups excluding carboxylic acids is 1. The fourth-order valence-corrected chi connectivity index (χ4v) is 4.12. The van der Waals surface area contributed by atoms with Crippen LogP contribution in [0.1, 0.15) is 23.7 Å². The maximum Gasteiger partial charge on any atom is 0.246 e. The highest BCUT2D eigenvalue weighted by atomic mass is 35.5. The molecule has 3 heterocycles. The standard InChI is InChI=1S/C22H19Cl2N5O2/c1-3-19(30)28-7-6-15(12-28)29-21-17(24)11-26-22(25)20(21)18(27-29)5-4-13-8-14(23)10-16(9-13)31-2/h3,8-11,15H,1,6-7,12H2,2H3,(H2,25,26). The zero-order valence-corrected chi connectivity index (χ0v) is 18.2. The molecule has 9 heteroatoms. The van der Waals surface area contributed by atoms with Crippen LogP contribution in [-0.4, -0.2) is 45.8 Å². The van der Waals surface area contributed by atoms with E-state index in [1.54, 1.807) is 34.9 Å². The fourth-order valence-electron chi connectivity index (χ4n) is 3.66. The highest BCUT2D eigenvalue weighted by Crippen LogP contribution is 2.34. The number of hydrogen-bond donors (Lipinski definition) is 1. The van der Waals surface area contributed by atoms with Gasteiger partial charge in [0.25, 0.3) is 0 Å². The summed E-state index contributed by atoms with van der Waals surface area (Å²) in [5.74, 6) is 6.91. The summed E-state index contributed by atoms with van der Waals surface area (Å²) in [6.45, 7) is 4.67. The molecular formula is C22H19Cl2N5O2. The predicted molar refractivity (Wildman–Crippen MR) is 121 cm³/mol. The van der Waals surface area contributed by atoms with E-state index in [-0.39, 0.29) is 17.8 Å². The van der Waals surface area contributed by atoms with Gasteiger partial charge in [0.1, 0.15) is 17.3 Å². The number of fused-ring (bicyclic) bond motifs is 1. The molecule has 7 nitrogen and oxygen atoms in total. The van der Waals surface area contributed by atoms with Gasteiger partial charge in [-0.15, -0.1) is 0 Å². The summed E-state index contributed by atoms with van der Waals surface area (Å²) in [5, 5.41) is 6.22. The number of rotatable bonds is 3. The summed E-state index contributed by atoms with van der Waals surface area (Å²) in [6, 6.07) is 5.16. The third-order valence-corrected chi connectivity index (χ3v) is 5.63. The van der Waals surface area contributed by atoms with Crippen LogP contribution in [0.25, 0.3) is 10.9 Å². The van der Waals surface area contributed by atoms with E-state index >= 15 is 0 Å². The van der Waals surface area contributed by atoms with Gasteiger partial charge in [-0.3, -0.25) is 9.48 Å². The van der Waals surface area contributed by atoms with Gasteiger partial charge in [0, 0.05) is 23.7 Å². The van der Waals surface area contributed by atoms with Crippen molar-refractivity contribution in [2.75, 3.05) is 25.9 Å². The fraction of sp³-hybridized carbons (Fsp3) is 0.227. The number of anilines is 1. The number of amides is 1. The van der Waals surface area contributed by atoms with Crippen molar-refractivity contribution in [3.05, 3.63) is 58.4 Å². The van der Waals surface area contributed by atoms with Crippen LogP contribution in [0.3, 0.4) is 0 Å². The average Bonchev–Trinajstić information content (AvgIpc) is 3.39. The second kappa shape index (κ2) is 8.50. The Kier molecular flexibility index (Phi) is 5.77. The molecule has 0 saturated carbocycles. The first-order chi connectivity index (χ1) is 14.9. The number of nitrogens with zero attached hydrogens (tertiary/aromatic N) is 4. The molecule has 1 unspecified atom stereocenters. The van der Waals surface area contributed by atoms with Crippen molar-refractivity contribution in [2.45, 2.75) is 12.5 Å². The molecule has 0 bridgehead atoms. The number of carbonyl (C=O) groups is 1. The van der Waals surface area contributed by atoms with E-state index in [4.69, 9.17) is 38.8 Å². The lowest BCUT2D eigenvalue weighted by Gasteiger charge is -2.15. The van der Waals surface area contributed by atoms with Gasteiger partial charge in [-0.1, -0.05) is 35.7 Å². The Morgan fingerprint density at radius 2 is 2.16 bits per heavy atom. The highest BCUT2D eigenvalue weighted by molar-refractivity contribution is 6.35. The molecule has 1 aliphatic heterocycles. The predicted octanol–water partition coefficient (Wildman–Crippen LogP) is 3.69. The van der Waals surface area contributed by atoms with Crippen molar-refractivity contribution in [3.8, 4) is 17.6 Å². The van der Waals surface area contributed by atoms with Crippen LogP contribution in [-0.2, 0) is 4.79 Å². The summed E-state index contributed by atoms with van der Waals surface area (Å²) < 4.78 is 7.04. The number of halogens is 2. The van der Waals surface area contributed by atoms with Gasteiger partial charge in [0.15, 0.2) is 0 Å². The van der Waals surface area contributed by atoms with E-state index < -0.39 is 0 Å². The lowest BCUT2D eigenvalue weighted by atomic mass is 10.2. The number of hydrogen-bond acceptors (Lipinski definition) is 5. The average molecular weight is 456 g/mol. The number of likely N-dealkylation sites (tertiary alicyclic amines) is 1. The van der Waals surface area contributed by atoms with Crippen molar-refractivity contribution in [2.24, 2.45) is 0 Å². The maximum atomic E-state index is 12.0. The van der Waals surface area contributed by atoms with Crippen molar-refractivity contribution in [3.63, 3.8) is 0 Å². The molecule has 1 atom stereocenters. The molecular weight excluding hydrogens is 437 g/mol. The minimum absolute atomic E-state index is 0.0625. The Morgan fingerprint density at radius 3 is 2.90 bits per heavy atom. The molecule has 1 saturated heterocycles. The van der Waals surface area contributed by atoms with E-state index in [2.05, 4.69) is 23.4 Å². The molecule has 0 spiro atoms. The summed E-state index contributed by atoms with van der Waals surface area (Å²) in [7, 11) is 1.56. The van der Waals surface area contributed by atoms with E-state index in [0.29, 0.717) is 51.0 Å². The zero-order chi connectivity index (χ0) is 22.1. The summed E-state index contributed by atoms with van der Waals surface area (Å²) in [5.41, 5.74) is 7.94. The van der Waals surface area contributed by atoms with Gasteiger partial charge in [0.2, 0.25) is 5.91 Å². The normalized spacial score (nSPS) is 15.6. The second-order valence-electron chi connectivity index (χ2n) is 7.07. The Balaban J connectivity index is 1.80. The number of ether oxygens (including phenoxy) is 1. The van der Waals surface area contributed by atoms with Crippen molar-refractivity contribution < 1.29 is 9.53 Å². The monoisotopic (exact) mass is 455 g/mol. The SMILES string of the molecule is C=CC(=O)N1CCC(n2nc(C#Cc3cc(Cl)cc(OC)c3)c3c(N)ncc(Cl)c32)C1. The second-order valence-corrected chi connectivity index (χ2v) is 7.91. The molecule has 1 fully saturated rings. The minimum Gasteiger partial charge on any atom is -0.497 e. The van der Waals surface area contributed by atoms with Crippen LogP contribution in [0.15, 0.2) is 37.1 Å². The van der Waals surface area contributed by atoms with Crippen LogP contribution in [0, 0.1) is 11.8 Å². The lowest BCUT2D eigenvalue weighted by molar-refractivity contribution is -0.125. The third-order valence-electron chi connectivity index (χ3n) is 5.14. The molecule has 0 radical (unpaired) electrons. The van der Waals surface area contributed by atoms with Gasteiger partial charge in [-0.2, -0.15) is 5.10 Å². The van der Waals surface area contributed by atoms with E-state index in [9.17, 15) is 4.79 Å². The molecule has 1 aliphatic rings. The summed E-state index contributed by atoms with van der Waals surface area (Å²) in [6.07, 6.45) is 3.54. The molecule has 3 aromatic rings. The topological polar surface area (TPSA) is 86.3 Å². The molecule has 158 valence electrons. The first kappa shape index (κ1) is 21.0. The number of nitrogens with two attached hydrogens (primary N) is 1. The largest absolute Gasteiger partial charge is 0.497 e. The van der Waals surface area contributed by atoms with Crippen molar-refractivity contribution in [1.82, 2.24) is 19.7 Å². The summed E-state index contributed by atoms with van der Waals surface area (Å²) in [4.78, 5) is 17.9. The van der Waals surface area contributed by atoms with Crippen LogP contribution in [0.5, 0.6) is 5.75 Å². The van der Waals surface area contributed by atoms with Crippen LogP contribution in [0.4, 0.5) is 5.82 Å². The van der Waals surface area contributed by atoms with Gasteiger partial charge < -0.3 is 15.4 Å². The lowest BCUT2D eigenvalue weighted by Crippen LogP contribution is -2.27. The number of nitrogen functional groups attached to an aromatic ring is 1. The Bertz CT molecular complexity index is 1260. The first-order valence-corrected chi connectivity index (χ1v) is 10.3. The first-order valence-electron chi connectivity index (χ1n) is 9.51. The smallest absolute Gasteiger partial charge is 0.246 e. The molecule has 1 amide bonds. The highest BCUT2D eigenvalue weighted by Gasteiger charge is 2.29. The Labute approximate surface area is 189 Å². The molecule has 0 aliphatic carbocycles. The van der Waals surface area contributed by atoms with Gasteiger partial charge in [-0.05, 0) is 36.6 Å². The Hall–Kier alpha value is -3.21. The van der Waals surface area contributed by atoms with Crippen LogP contribution >= 0.6 is 23.2 Å². The van der Waals surface area contributed by atoms with Gasteiger partial charge in [0.05, 0.1) is 35.3 Å². The molecule has 2 N–H and O–H groups in total. The third kappa shape index (κ3) is 4.05. The zero-order valence-electron chi connectivity index (χ0n) is 16.7. The van der Waals surface area contributed by atoms with Crippen molar-refractivity contribution >= 4 is 45.8 Å². The van der Waals surface area contributed by atoms with E-state index in [1.807, 2.05) is 0 Å². The maximum absolute atomic E-state index is 12.0. The minimum atomic E-state index is -0.110. The van der Waals surface area contributed by atoms with Crippen LogP contribution in [0.2, 0.25) is 10.0 Å². The van der Waals surface area contributed by atoms with Gasteiger partial charge in [-0.25, -0.2) is 4.98 Å². The number of aromatic nitrogens is 3.